The third-order valence-electron chi connectivity index (χ3n) is 5.46. The van der Waals surface area contributed by atoms with Crippen molar-refractivity contribution in [1.29, 1.82) is 0 Å². The molecule has 1 fully saturated rings. The first kappa shape index (κ1) is 22.5. The van der Waals surface area contributed by atoms with E-state index in [1.165, 1.54) is 34.6 Å². The smallest absolute Gasteiger partial charge is 0.265 e. The zero-order chi connectivity index (χ0) is 23.0. The number of carbonyl (C=O) groups excluding carboxylic acids is 2. The molecule has 0 radical (unpaired) electrons. The lowest BCUT2D eigenvalue weighted by Gasteiger charge is -2.31. The number of hydrogen-bond acceptors (Lipinski definition) is 5. The van der Waals surface area contributed by atoms with Gasteiger partial charge in [0.1, 0.15) is 11.6 Å². The number of halogens is 2. The fraction of sp³-hybridized carbons (Fsp3) is 0.333. The molecule has 170 valence electrons. The van der Waals surface area contributed by atoms with Crippen molar-refractivity contribution in [3.05, 3.63) is 47.2 Å². The fourth-order valence-corrected chi connectivity index (χ4v) is 5.42. The van der Waals surface area contributed by atoms with E-state index in [0.717, 1.165) is 6.07 Å². The number of carbonyl (C=O) groups is 2. The summed E-state index contributed by atoms with van der Waals surface area (Å²) in [7, 11) is -3.90. The first-order chi connectivity index (χ1) is 15.1. The molecule has 0 bridgehead atoms. The monoisotopic (exact) mass is 481 g/mol. The molecule has 2 aliphatic rings. The first-order valence-corrected chi connectivity index (χ1v) is 11.8. The van der Waals surface area contributed by atoms with Crippen molar-refractivity contribution in [3.63, 3.8) is 0 Å². The third-order valence-corrected chi connectivity index (χ3v) is 7.61. The molecule has 2 N–H and O–H groups in total. The molecule has 0 spiro atoms. The molecule has 11 heteroatoms. The summed E-state index contributed by atoms with van der Waals surface area (Å²) in [5.74, 6) is -1.51. The molecule has 0 saturated carbocycles. The van der Waals surface area contributed by atoms with E-state index in [-0.39, 0.29) is 40.5 Å². The maximum atomic E-state index is 13.3. The number of nitrogens with zero attached hydrogens (tertiary/aromatic N) is 1. The Morgan fingerprint density at radius 3 is 2.81 bits per heavy atom. The molecule has 4 rings (SSSR count). The van der Waals surface area contributed by atoms with Crippen LogP contribution in [0.15, 0.2) is 41.3 Å². The van der Waals surface area contributed by atoms with Gasteiger partial charge in [-0.2, -0.15) is 4.31 Å². The van der Waals surface area contributed by atoms with Gasteiger partial charge in [-0.1, -0.05) is 11.6 Å². The van der Waals surface area contributed by atoms with Gasteiger partial charge in [0.25, 0.3) is 5.91 Å². The number of anilines is 2. The molecule has 2 atom stereocenters. The second-order valence-corrected chi connectivity index (χ2v) is 10.1. The summed E-state index contributed by atoms with van der Waals surface area (Å²) in [4.78, 5) is 24.6. The normalized spacial score (nSPS) is 21.3. The highest BCUT2D eigenvalue weighted by Gasteiger charge is 2.34. The maximum absolute atomic E-state index is 13.3. The van der Waals surface area contributed by atoms with Gasteiger partial charge in [-0.3, -0.25) is 9.59 Å². The van der Waals surface area contributed by atoms with Gasteiger partial charge in [-0.25, -0.2) is 12.8 Å². The fourth-order valence-electron chi connectivity index (χ4n) is 3.69. The molecule has 8 nitrogen and oxygen atoms in total. The Hall–Kier alpha value is -2.69. The summed E-state index contributed by atoms with van der Waals surface area (Å²) in [6.07, 6.45) is 0.352. The van der Waals surface area contributed by atoms with E-state index in [0.29, 0.717) is 24.3 Å². The van der Waals surface area contributed by atoms with Gasteiger partial charge in [0, 0.05) is 18.8 Å². The van der Waals surface area contributed by atoms with E-state index in [1.54, 1.807) is 6.92 Å². The van der Waals surface area contributed by atoms with Crippen molar-refractivity contribution >= 4 is 44.8 Å². The zero-order valence-electron chi connectivity index (χ0n) is 17.1. The van der Waals surface area contributed by atoms with Crippen LogP contribution in [0.2, 0.25) is 5.02 Å². The van der Waals surface area contributed by atoms with Gasteiger partial charge in [0.15, 0.2) is 6.10 Å². The summed E-state index contributed by atoms with van der Waals surface area (Å²) in [6, 6.07) is 8.12. The number of nitrogens with one attached hydrogen (secondary N) is 2. The van der Waals surface area contributed by atoms with E-state index in [2.05, 4.69) is 10.6 Å². The number of benzene rings is 2. The molecule has 0 aliphatic carbocycles. The summed E-state index contributed by atoms with van der Waals surface area (Å²) >= 11 is 5.75. The van der Waals surface area contributed by atoms with Crippen molar-refractivity contribution in [3.8, 4) is 5.75 Å². The molecular weight excluding hydrogens is 461 g/mol. The second-order valence-electron chi connectivity index (χ2n) is 7.73. The maximum Gasteiger partial charge on any atom is 0.265 e. The van der Waals surface area contributed by atoms with Gasteiger partial charge in [-0.15, -0.1) is 0 Å². The van der Waals surface area contributed by atoms with Crippen LogP contribution in [0.1, 0.15) is 19.8 Å². The van der Waals surface area contributed by atoms with E-state index >= 15 is 0 Å². The molecule has 2 heterocycles. The van der Waals surface area contributed by atoms with Crippen LogP contribution in [-0.4, -0.2) is 43.7 Å². The standard InChI is InChI=1S/C21H21ClFN3O5S/c1-12-20(27)25-18-10-15(5-7-19(18)31-12)32(29,30)26-8-2-3-13(11-26)21(28)24-14-4-6-17(23)16(22)9-14/h4-7,9-10,12-13H,2-3,8,11H2,1H3,(H,24,28)(H,25,27)/t12-,13-/m1/s1. The van der Waals surface area contributed by atoms with Crippen LogP contribution in [0.4, 0.5) is 15.8 Å². The van der Waals surface area contributed by atoms with Crippen LogP contribution >= 0.6 is 11.6 Å². The van der Waals surface area contributed by atoms with Crippen LogP contribution in [0.25, 0.3) is 0 Å². The lowest BCUT2D eigenvalue weighted by atomic mass is 9.99. The minimum atomic E-state index is -3.90. The summed E-state index contributed by atoms with van der Waals surface area (Å²) in [5.41, 5.74) is 0.620. The average molecular weight is 482 g/mol. The van der Waals surface area contributed by atoms with Crippen molar-refractivity contribution in [2.24, 2.45) is 5.92 Å². The lowest BCUT2D eigenvalue weighted by Crippen LogP contribution is -2.43. The van der Waals surface area contributed by atoms with Crippen molar-refractivity contribution in [2.45, 2.75) is 30.8 Å². The van der Waals surface area contributed by atoms with Crippen LogP contribution < -0.4 is 15.4 Å². The Balaban J connectivity index is 1.50. The quantitative estimate of drug-likeness (QED) is 0.697. The van der Waals surface area contributed by atoms with Crippen LogP contribution in [0, 0.1) is 11.7 Å². The topological polar surface area (TPSA) is 105 Å². The second kappa shape index (κ2) is 8.68. The molecule has 1 saturated heterocycles. The Kier molecular flexibility index (Phi) is 6.11. The number of fused-ring (bicyclic) bond motifs is 1. The molecule has 2 aromatic rings. The predicted molar refractivity (Wildman–Crippen MR) is 117 cm³/mol. The third kappa shape index (κ3) is 4.43. The zero-order valence-corrected chi connectivity index (χ0v) is 18.7. The molecule has 0 aromatic heterocycles. The molecule has 2 amide bonds. The van der Waals surface area contributed by atoms with E-state index in [9.17, 15) is 22.4 Å². The number of sulfonamides is 1. The van der Waals surface area contributed by atoms with Gasteiger partial charge >= 0.3 is 0 Å². The summed E-state index contributed by atoms with van der Waals surface area (Å²) < 4.78 is 46.5. The van der Waals surface area contributed by atoms with E-state index in [4.69, 9.17) is 16.3 Å². The van der Waals surface area contributed by atoms with Crippen LogP contribution in [0.3, 0.4) is 0 Å². The van der Waals surface area contributed by atoms with Crippen molar-refractivity contribution in [2.75, 3.05) is 23.7 Å². The number of hydrogen-bond donors (Lipinski definition) is 2. The largest absolute Gasteiger partial charge is 0.479 e. The number of piperidine rings is 1. The average Bonchev–Trinajstić information content (AvgIpc) is 2.77. The highest BCUT2D eigenvalue weighted by atomic mass is 35.5. The highest BCUT2D eigenvalue weighted by molar-refractivity contribution is 7.89. The van der Waals surface area contributed by atoms with E-state index < -0.39 is 27.9 Å². The molecule has 2 aliphatic heterocycles. The SMILES string of the molecule is C[C@H]1Oc2ccc(S(=O)(=O)N3CCC[C@@H](C(=O)Nc4ccc(F)c(Cl)c4)C3)cc2NC1=O. The molecule has 0 unspecified atom stereocenters. The summed E-state index contributed by atoms with van der Waals surface area (Å²) in [6.45, 7) is 1.87. The molecule has 32 heavy (non-hydrogen) atoms. The minimum absolute atomic E-state index is 0.0000709. The minimum Gasteiger partial charge on any atom is -0.479 e. The highest BCUT2D eigenvalue weighted by Crippen LogP contribution is 2.34. The summed E-state index contributed by atoms with van der Waals surface area (Å²) in [5, 5.41) is 5.19. The number of ether oxygens (including phenoxy) is 1. The number of amides is 2. The van der Waals surface area contributed by atoms with Gasteiger partial charge in [0.05, 0.1) is 21.5 Å². The lowest BCUT2D eigenvalue weighted by molar-refractivity contribution is -0.123. The Labute approximate surface area is 189 Å². The van der Waals surface area contributed by atoms with Gasteiger partial charge < -0.3 is 15.4 Å². The van der Waals surface area contributed by atoms with Crippen LogP contribution in [-0.2, 0) is 19.6 Å². The van der Waals surface area contributed by atoms with Crippen LogP contribution in [0.5, 0.6) is 5.75 Å². The number of rotatable bonds is 4. The molecular formula is C21H21ClFN3O5S. The Morgan fingerprint density at radius 2 is 2.06 bits per heavy atom. The molecule has 2 aromatic carbocycles. The van der Waals surface area contributed by atoms with E-state index in [1.807, 2.05) is 0 Å². The van der Waals surface area contributed by atoms with Gasteiger partial charge in [0.2, 0.25) is 15.9 Å². The van der Waals surface area contributed by atoms with Crippen molar-refractivity contribution in [1.82, 2.24) is 4.31 Å². The first-order valence-electron chi connectivity index (χ1n) is 10.0. The predicted octanol–water partition coefficient (Wildman–Crippen LogP) is 3.24. The van der Waals surface area contributed by atoms with Crippen molar-refractivity contribution < 1.29 is 27.1 Å². The Bertz CT molecular complexity index is 1190. The Morgan fingerprint density at radius 1 is 1.28 bits per heavy atom. The van der Waals surface area contributed by atoms with Gasteiger partial charge in [-0.05, 0) is 56.2 Å².